The van der Waals surface area contributed by atoms with Crippen LogP contribution in [0.4, 0.5) is 0 Å². The lowest BCUT2D eigenvalue weighted by Gasteiger charge is -2.29. The molecule has 0 aliphatic heterocycles. The van der Waals surface area contributed by atoms with Gasteiger partial charge in [0.15, 0.2) is 0 Å². The Balaban J connectivity index is 3.67. The fourth-order valence-electron chi connectivity index (χ4n) is 2.11. The number of aliphatic hydroxyl groups excluding tert-OH is 1. The van der Waals surface area contributed by atoms with E-state index in [4.69, 9.17) is 9.47 Å². The van der Waals surface area contributed by atoms with Crippen molar-refractivity contribution in [3.63, 3.8) is 0 Å². The molecule has 0 radical (unpaired) electrons. The van der Waals surface area contributed by atoms with Crippen LogP contribution in [-0.4, -0.2) is 12.2 Å². The van der Waals surface area contributed by atoms with Gasteiger partial charge in [0.25, 0.3) is 5.95 Å². The van der Waals surface area contributed by atoms with Gasteiger partial charge in [0.05, 0.1) is 7.11 Å². The van der Waals surface area contributed by atoms with Gasteiger partial charge in [-0.3, -0.25) is 0 Å². The van der Waals surface area contributed by atoms with E-state index in [1.807, 2.05) is 12.1 Å². The van der Waals surface area contributed by atoms with Gasteiger partial charge in [-0.25, -0.2) is 0 Å². The zero-order valence-corrected chi connectivity index (χ0v) is 14.5. The topological polar surface area (TPSA) is 38.7 Å². The minimum Gasteiger partial charge on any atom is -0.497 e. The average Bonchev–Trinajstić information content (AvgIpc) is 2.35. The molecule has 1 aromatic carbocycles. The van der Waals surface area contributed by atoms with Crippen LogP contribution in [0.1, 0.15) is 59.6 Å². The van der Waals surface area contributed by atoms with E-state index in [0.29, 0.717) is 5.75 Å². The Morgan fingerprint density at radius 3 is 1.71 bits per heavy atom. The molecule has 118 valence electrons. The molecule has 0 fully saturated rings. The molecule has 0 unspecified atom stereocenters. The Bertz CT molecular complexity index is 493. The molecular weight excluding hydrogens is 264 g/mol. The molecule has 1 rings (SSSR count). The van der Waals surface area contributed by atoms with Gasteiger partial charge in [-0.2, -0.15) is 0 Å². The lowest BCUT2D eigenvalue weighted by atomic mass is 9.79. The predicted molar refractivity (Wildman–Crippen MR) is 87.4 cm³/mol. The fraction of sp³-hybridized carbons (Fsp3) is 0.556. The minimum absolute atomic E-state index is 0.0869. The number of aliphatic hydroxyl groups is 1. The summed E-state index contributed by atoms with van der Waals surface area (Å²) in [6, 6.07) is 3.96. The lowest BCUT2D eigenvalue weighted by molar-refractivity contribution is 0.201. The van der Waals surface area contributed by atoms with E-state index < -0.39 is 0 Å². The highest BCUT2D eigenvalue weighted by atomic mass is 16.6. The number of hydrogen-bond donors (Lipinski definition) is 1. The molecular formula is C18H28O3. The van der Waals surface area contributed by atoms with Crippen LogP contribution in [0.3, 0.4) is 0 Å². The van der Waals surface area contributed by atoms with Crippen molar-refractivity contribution in [3.8, 4) is 11.5 Å². The predicted octanol–water partition coefficient (Wildman–Crippen LogP) is 5.09. The Morgan fingerprint density at radius 1 is 1.00 bits per heavy atom. The summed E-state index contributed by atoms with van der Waals surface area (Å²) in [5.41, 5.74) is 1.77. The van der Waals surface area contributed by atoms with E-state index in [2.05, 4.69) is 41.5 Å². The highest BCUT2D eigenvalue weighted by Crippen LogP contribution is 2.43. The van der Waals surface area contributed by atoms with Crippen LogP contribution in [0, 0.1) is 0 Å². The Hall–Kier alpha value is -1.64. The molecule has 21 heavy (non-hydrogen) atoms. The van der Waals surface area contributed by atoms with Gasteiger partial charge in [0.2, 0.25) is 0 Å². The van der Waals surface area contributed by atoms with Crippen molar-refractivity contribution in [2.45, 2.75) is 59.3 Å². The quantitative estimate of drug-likeness (QED) is 0.789. The summed E-state index contributed by atoms with van der Waals surface area (Å²) in [5, 5.41) is 9.83. The largest absolute Gasteiger partial charge is 0.497 e. The van der Waals surface area contributed by atoms with E-state index in [1.54, 1.807) is 20.1 Å². The summed E-state index contributed by atoms with van der Waals surface area (Å²) in [5.74, 6) is 1.43. The standard InChI is InChI=1S/C18H28O3/c1-9-15(19)21-16-13(17(2,3)4)10-12(20-8)11-14(16)18(5,6)7/h9-11,19H,1-8H3/b15-9+. The number of benzene rings is 1. The third kappa shape index (κ3) is 4.16. The summed E-state index contributed by atoms with van der Waals surface area (Å²) in [4.78, 5) is 0. The molecule has 0 amide bonds. The van der Waals surface area contributed by atoms with Crippen LogP contribution >= 0.6 is 0 Å². The summed E-state index contributed by atoms with van der Waals surface area (Å²) in [6.07, 6.45) is 1.54. The number of rotatable bonds is 3. The number of methoxy groups -OCH3 is 1. The summed E-state index contributed by atoms with van der Waals surface area (Å²) in [7, 11) is 1.66. The first-order valence-electron chi connectivity index (χ1n) is 7.26. The smallest absolute Gasteiger partial charge is 0.277 e. The zero-order chi connectivity index (χ0) is 16.4. The fourth-order valence-corrected chi connectivity index (χ4v) is 2.11. The molecule has 0 heterocycles. The summed E-state index contributed by atoms with van der Waals surface area (Å²) >= 11 is 0. The van der Waals surface area contributed by atoms with Gasteiger partial charge >= 0.3 is 0 Å². The molecule has 0 aromatic heterocycles. The van der Waals surface area contributed by atoms with Crippen LogP contribution in [0.5, 0.6) is 11.5 Å². The van der Waals surface area contributed by atoms with Gasteiger partial charge in [-0.15, -0.1) is 0 Å². The lowest BCUT2D eigenvalue weighted by Crippen LogP contribution is -2.20. The van der Waals surface area contributed by atoms with Crippen LogP contribution in [0.2, 0.25) is 0 Å². The molecule has 0 saturated heterocycles. The molecule has 0 aliphatic carbocycles. The second-order valence-corrected chi connectivity index (χ2v) is 7.28. The first-order valence-corrected chi connectivity index (χ1v) is 7.26. The van der Waals surface area contributed by atoms with E-state index >= 15 is 0 Å². The van der Waals surface area contributed by atoms with Crippen molar-refractivity contribution in [2.24, 2.45) is 0 Å². The monoisotopic (exact) mass is 292 g/mol. The maximum Gasteiger partial charge on any atom is 0.277 e. The molecule has 3 heteroatoms. The zero-order valence-electron chi connectivity index (χ0n) is 14.5. The Morgan fingerprint density at radius 2 is 1.43 bits per heavy atom. The summed E-state index contributed by atoms with van der Waals surface area (Å²) < 4.78 is 11.2. The number of allylic oxidation sites excluding steroid dienone is 1. The second kappa shape index (κ2) is 6.00. The highest BCUT2D eigenvalue weighted by molar-refractivity contribution is 5.53. The van der Waals surface area contributed by atoms with Crippen molar-refractivity contribution in [2.75, 3.05) is 7.11 Å². The van der Waals surface area contributed by atoms with Crippen molar-refractivity contribution >= 4 is 0 Å². The van der Waals surface area contributed by atoms with Gasteiger partial charge in [-0.05, 0) is 36.0 Å². The maximum absolute atomic E-state index is 9.83. The molecule has 1 N–H and O–H groups in total. The Labute approximate surface area is 128 Å². The first kappa shape index (κ1) is 17.4. The first-order chi connectivity index (χ1) is 9.50. The maximum atomic E-state index is 9.83. The molecule has 0 bridgehead atoms. The third-order valence-corrected chi connectivity index (χ3v) is 3.37. The molecule has 0 atom stereocenters. The van der Waals surface area contributed by atoms with Crippen LogP contribution in [0.15, 0.2) is 24.2 Å². The molecule has 0 saturated carbocycles. The average molecular weight is 292 g/mol. The molecule has 3 nitrogen and oxygen atoms in total. The van der Waals surface area contributed by atoms with Gasteiger partial charge in [0, 0.05) is 11.1 Å². The molecule has 0 spiro atoms. The highest BCUT2D eigenvalue weighted by Gasteiger charge is 2.28. The van der Waals surface area contributed by atoms with Crippen LogP contribution in [0.25, 0.3) is 0 Å². The molecule has 1 aromatic rings. The normalized spacial score (nSPS) is 13.2. The van der Waals surface area contributed by atoms with Gasteiger partial charge < -0.3 is 14.6 Å². The van der Waals surface area contributed by atoms with Crippen molar-refractivity contribution in [1.82, 2.24) is 0 Å². The van der Waals surface area contributed by atoms with E-state index in [1.165, 1.54) is 0 Å². The minimum atomic E-state index is -0.127. The van der Waals surface area contributed by atoms with Crippen LogP contribution in [-0.2, 0) is 10.8 Å². The second-order valence-electron chi connectivity index (χ2n) is 7.28. The van der Waals surface area contributed by atoms with Crippen molar-refractivity contribution < 1.29 is 14.6 Å². The van der Waals surface area contributed by atoms with Gasteiger partial charge in [0.1, 0.15) is 11.5 Å². The summed E-state index contributed by atoms with van der Waals surface area (Å²) in [6.45, 7) is 14.5. The number of hydrogen-bond acceptors (Lipinski definition) is 3. The SMILES string of the molecule is C/C=C(\O)Oc1c(C(C)(C)C)cc(OC)cc1C(C)(C)C. The van der Waals surface area contributed by atoms with E-state index in [0.717, 1.165) is 16.9 Å². The Kier molecular flexibility index (Phi) is 4.98. The molecule has 0 aliphatic rings. The van der Waals surface area contributed by atoms with E-state index in [-0.39, 0.29) is 16.8 Å². The van der Waals surface area contributed by atoms with Crippen LogP contribution < -0.4 is 9.47 Å². The van der Waals surface area contributed by atoms with Crippen molar-refractivity contribution in [3.05, 3.63) is 35.3 Å². The van der Waals surface area contributed by atoms with Crippen molar-refractivity contribution in [1.29, 1.82) is 0 Å². The van der Waals surface area contributed by atoms with E-state index in [9.17, 15) is 5.11 Å². The number of ether oxygens (including phenoxy) is 2. The van der Waals surface area contributed by atoms with Gasteiger partial charge in [-0.1, -0.05) is 41.5 Å². The third-order valence-electron chi connectivity index (χ3n) is 3.37.